The minimum atomic E-state index is -2.86. The van der Waals surface area contributed by atoms with Gasteiger partial charge in [0.2, 0.25) is 0 Å². The van der Waals surface area contributed by atoms with Crippen molar-refractivity contribution >= 4 is 51.0 Å². The first kappa shape index (κ1) is 17.7. The molecule has 0 unspecified atom stereocenters. The summed E-state index contributed by atoms with van der Waals surface area (Å²) in [6.45, 7) is 0. The maximum Gasteiger partial charge on any atom is 0.536 e. The Morgan fingerprint density at radius 3 is 2.09 bits per heavy atom. The molecule has 0 saturated heterocycles. The van der Waals surface area contributed by atoms with Crippen molar-refractivity contribution in [3.05, 3.63) is 24.3 Å². The van der Waals surface area contributed by atoms with Crippen LogP contribution in [0.15, 0.2) is 44.6 Å². The summed E-state index contributed by atoms with van der Waals surface area (Å²) in [5, 5.41) is 2.03. The molecule has 118 valence electrons. The molecule has 0 N–H and O–H groups in total. The second-order valence-electron chi connectivity index (χ2n) is 4.02. The summed E-state index contributed by atoms with van der Waals surface area (Å²) >= 11 is 9.62. The first-order valence-corrected chi connectivity index (χ1v) is 9.54. The Morgan fingerprint density at radius 1 is 0.955 bits per heavy atom. The molecule has 0 aliphatic heterocycles. The largest absolute Gasteiger partial charge is 0.536 e. The highest BCUT2D eigenvalue weighted by atomic mass is 32.2. The van der Waals surface area contributed by atoms with Crippen LogP contribution >= 0.6 is 37.0 Å². The SMILES string of the molecule is CO[Si](OC)(OC)c1cccc(Sc2nc(S)nc(S)n2)c1. The summed E-state index contributed by atoms with van der Waals surface area (Å²) in [5.41, 5.74) is 0. The molecule has 0 atom stereocenters. The van der Waals surface area contributed by atoms with Crippen molar-refractivity contribution < 1.29 is 13.3 Å². The lowest BCUT2D eigenvalue weighted by Gasteiger charge is -2.24. The van der Waals surface area contributed by atoms with Crippen molar-refractivity contribution in [2.75, 3.05) is 21.3 Å². The van der Waals surface area contributed by atoms with Gasteiger partial charge in [-0.25, -0.2) is 0 Å². The van der Waals surface area contributed by atoms with Gasteiger partial charge in [0.1, 0.15) is 0 Å². The fraction of sp³-hybridized carbons (Fsp3) is 0.250. The molecular formula is C12H15N3O3S3Si. The van der Waals surface area contributed by atoms with Gasteiger partial charge in [0, 0.05) is 31.4 Å². The Morgan fingerprint density at radius 2 is 1.55 bits per heavy atom. The lowest BCUT2D eigenvalue weighted by Crippen LogP contribution is -2.54. The highest BCUT2D eigenvalue weighted by molar-refractivity contribution is 7.99. The van der Waals surface area contributed by atoms with E-state index in [2.05, 4.69) is 40.2 Å². The maximum atomic E-state index is 5.49. The van der Waals surface area contributed by atoms with E-state index in [4.69, 9.17) is 13.3 Å². The van der Waals surface area contributed by atoms with Gasteiger partial charge in [-0.3, -0.25) is 0 Å². The molecule has 0 radical (unpaired) electrons. The van der Waals surface area contributed by atoms with E-state index in [0.29, 0.717) is 15.5 Å². The normalized spacial score (nSPS) is 11.7. The average Bonchev–Trinajstić information content (AvgIpc) is 2.49. The predicted octanol–water partition coefficient (Wildman–Crippen LogP) is 1.69. The van der Waals surface area contributed by atoms with Crippen LogP contribution in [0, 0.1) is 0 Å². The van der Waals surface area contributed by atoms with E-state index in [0.717, 1.165) is 10.1 Å². The Balaban J connectivity index is 2.32. The lowest BCUT2D eigenvalue weighted by atomic mass is 10.4. The van der Waals surface area contributed by atoms with Gasteiger partial charge in [0.05, 0.1) is 0 Å². The van der Waals surface area contributed by atoms with Crippen LogP contribution in [0.25, 0.3) is 0 Å². The summed E-state index contributed by atoms with van der Waals surface area (Å²) in [7, 11) is 1.86. The van der Waals surface area contributed by atoms with E-state index >= 15 is 0 Å². The zero-order valence-corrected chi connectivity index (χ0v) is 15.8. The van der Waals surface area contributed by atoms with Gasteiger partial charge in [-0.2, -0.15) is 15.0 Å². The van der Waals surface area contributed by atoms with Crippen molar-refractivity contribution in [1.82, 2.24) is 15.0 Å². The van der Waals surface area contributed by atoms with E-state index in [1.807, 2.05) is 24.3 Å². The van der Waals surface area contributed by atoms with Crippen molar-refractivity contribution in [3.63, 3.8) is 0 Å². The molecular weight excluding hydrogens is 358 g/mol. The molecule has 0 bridgehead atoms. The monoisotopic (exact) mass is 373 g/mol. The van der Waals surface area contributed by atoms with Crippen LogP contribution in [0.3, 0.4) is 0 Å². The zero-order chi connectivity index (χ0) is 16.2. The minimum Gasteiger partial charge on any atom is -0.373 e. The average molecular weight is 374 g/mol. The first-order valence-electron chi connectivity index (χ1n) is 6.11. The molecule has 0 spiro atoms. The molecule has 2 rings (SSSR count). The van der Waals surface area contributed by atoms with Crippen LogP contribution < -0.4 is 5.19 Å². The number of nitrogens with zero attached hydrogens (tertiary/aromatic N) is 3. The fourth-order valence-corrected chi connectivity index (χ4v) is 5.19. The van der Waals surface area contributed by atoms with E-state index in [1.54, 1.807) is 21.3 Å². The predicted molar refractivity (Wildman–Crippen MR) is 91.3 cm³/mol. The van der Waals surface area contributed by atoms with Crippen LogP contribution in [-0.2, 0) is 13.3 Å². The van der Waals surface area contributed by atoms with Crippen LogP contribution in [0.4, 0.5) is 0 Å². The van der Waals surface area contributed by atoms with Gasteiger partial charge in [0.15, 0.2) is 15.5 Å². The Kier molecular flexibility index (Phi) is 6.26. The van der Waals surface area contributed by atoms with Crippen LogP contribution in [0.2, 0.25) is 0 Å². The molecule has 1 aromatic heterocycles. The van der Waals surface area contributed by atoms with Gasteiger partial charge in [-0.05, 0) is 23.9 Å². The highest BCUT2D eigenvalue weighted by Crippen LogP contribution is 2.25. The van der Waals surface area contributed by atoms with Crippen molar-refractivity contribution in [3.8, 4) is 0 Å². The number of aromatic nitrogens is 3. The smallest absolute Gasteiger partial charge is 0.373 e. The topological polar surface area (TPSA) is 66.4 Å². The molecule has 6 nitrogen and oxygen atoms in total. The molecule has 1 heterocycles. The number of hydrogen-bond donors (Lipinski definition) is 2. The van der Waals surface area contributed by atoms with Crippen LogP contribution in [0.1, 0.15) is 0 Å². The summed E-state index contributed by atoms with van der Waals surface area (Å²) in [4.78, 5) is 13.1. The van der Waals surface area contributed by atoms with Crippen molar-refractivity contribution in [2.24, 2.45) is 0 Å². The number of rotatable bonds is 6. The maximum absolute atomic E-state index is 5.49. The molecule has 1 aromatic carbocycles. The lowest BCUT2D eigenvalue weighted by molar-refractivity contribution is 0.140. The third kappa shape index (κ3) is 4.01. The Labute approximate surface area is 145 Å². The molecule has 0 amide bonds. The second-order valence-corrected chi connectivity index (χ2v) is 8.77. The van der Waals surface area contributed by atoms with E-state index in [-0.39, 0.29) is 0 Å². The Bertz CT molecular complexity index is 630. The summed E-state index contributed by atoms with van der Waals surface area (Å²) < 4.78 is 16.5. The number of thiol groups is 2. The first-order chi connectivity index (χ1) is 10.5. The standard InChI is InChI=1S/C12H15N3O3S3Si/c1-16-22(17-2,18-3)9-6-4-5-8(7-9)21-12-14-10(19)13-11(20)15-12/h4-7H,1-3H3,(H2,13,14,15,19,20). The van der Waals surface area contributed by atoms with Gasteiger partial charge in [0.25, 0.3) is 0 Å². The summed E-state index contributed by atoms with van der Waals surface area (Å²) in [5.74, 6) is 0. The molecule has 10 heteroatoms. The van der Waals surface area contributed by atoms with Gasteiger partial charge in [-0.1, -0.05) is 12.1 Å². The highest BCUT2D eigenvalue weighted by Gasteiger charge is 2.40. The number of benzene rings is 1. The molecule has 22 heavy (non-hydrogen) atoms. The third-order valence-corrected chi connectivity index (χ3v) is 6.68. The molecule has 0 aliphatic rings. The second kappa shape index (κ2) is 7.77. The molecule has 0 aliphatic carbocycles. The molecule has 0 saturated carbocycles. The summed E-state index contributed by atoms with van der Waals surface area (Å²) in [6, 6.07) is 7.69. The van der Waals surface area contributed by atoms with Crippen molar-refractivity contribution in [2.45, 2.75) is 20.4 Å². The fourth-order valence-electron chi connectivity index (χ4n) is 1.84. The minimum absolute atomic E-state index is 0.327. The van der Waals surface area contributed by atoms with E-state index < -0.39 is 8.80 Å². The van der Waals surface area contributed by atoms with Crippen LogP contribution in [-0.4, -0.2) is 45.1 Å². The van der Waals surface area contributed by atoms with Gasteiger partial charge >= 0.3 is 8.80 Å². The van der Waals surface area contributed by atoms with E-state index in [9.17, 15) is 0 Å². The third-order valence-electron chi connectivity index (χ3n) is 2.79. The van der Waals surface area contributed by atoms with Crippen molar-refractivity contribution in [1.29, 1.82) is 0 Å². The zero-order valence-electron chi connectivity index (χ0n) is 12.2. The van der Waals surface area contributed by atoms with Gasteiger partial charge in [-0.15, -0.1) is 25.3 Å². The van der Waals surface area contributed by atoms with Crippen LogP contribution in [0.5, 0.6) is 0 Å². The molecule has 2 aromatic rings. The van der Waals surface area contributed by atoms with Gasteiger partial charge < -0.3 is 13.3 Å². The van der Waals surface area contributed by atoms with E-state index in [1.165, 1.54) is 11.8 Å². The quantitative estimate of drug-likeness (QED) is 0.590. The summed E-state index contributed by atoms with van der Waals surface area (Å²) in [6.07, 6.45) is 0. The molecule has 0 fully saturated rings. The number of hydrogen-bond acceptors (Lipinski definition) is 9. The Hall–Kier alpha value is -0.623.